The summed E-state index contributed by atoms with van der Waals surface area (Å²) in [4.78, 5) is 12.7. The van der Waals surface area contributed by atoms with Crippen molar-refractivity contribution in [2.75, 3.05) is 5.32 Å². The molecule has 0 saturated carbocycles. The maximum absolute atomic E-state index is 14.1. The summed E-state index contributed by atoms with van der Waals surface area (Å²) in [6, 6.07) is 10.8. The zero-order valence-electron chi connectivity index (χ0n) is 17.3. The van der Waals surface area contributed by atoms with Gasteiger partial charge in [-0.1, -0.05) is 30.3 Å². The molecule has 0 aliphatic rings. The van der Waals surface area contributed by atoms with Crippen LogP contribution < -0.4 is 5.32 Å². The van der Waals surface area contributed by atoms with Gasteiger partial charge in [0.25, 0.3) is 0 Å². The highest BCUT2D eigenvalue weighted by Crippen LogP contribution is 2.38. The smallest absolute Gasteiger partial charge is 0.422 e. The maximum atomic E-state index is 14.1. The number of nitrogens with one attached hydrogen (secondary N) is 1. The highest BCUT2D eigenvalue weighted by atomic mass is 19.4. The first kappa shape index (κ1) is 25.0. The minimum Gasteiger partial charge on any atom is -0.508 e. The molecule has 0 heterocycles. The molecule has 0 aliphatic heterocycles. The lowest BCUT2D eigenvalue weighted by atomic mass is 9.87. The first-order valence-electron chi connectivity index (χ1n) is 9.58. The predicted molar refractivity (Wildman–Crippen MR) is 107 cm³/mol. The van der Waals surface area contributed by atoms with E-state index in [1.165, 1.54) is 12.1 Å². The molecule has 3 rings (SSSR count). The van der Waals surface area contributed by atoms with Crippen LogP contribution in [0, 0.1) is 23.3 Å². The Morgan fingerprint density at radius 1 is 0.912 bits per heavy atom. The van der Waals surface area contributed by atoms with Gasteiger partial charge in [-0.25, -0.2) is 17.6 Å². The number of ketones is 1. The summed E-state index contributed by atoms with van der Waals surface area (Å²) >= 11 is 0. The molecule has 1 atom stereocenters. The number of phenols is 1. The molecule has 34 heavy (non-hydrogen) atoms. The molecule has 3 aromatic carbocycles. The average molecular weight is 487 g/mol. The molecule has 0 radical (unpaired) electrons. The molecule has 0 aliphatic carbocycles. The van der Waals surface area contributed by atoms with Crippen molar-refractivity contribution in [3.8, 4) is 5.75 Å². The normalized spacial score (nSPS) is 13.4. The van der Waals surface area contributed by atoms with Gasteiger partial charge in [0.2, 0.25) is 0 Å². The lowest BCUT2D eigenvalue weighted by Gasteiger charge is -2.24. The van der Waals surface area contributed by atoms with Gasteiger partial charge < -0.3 is 15.5 Å². The first-order chi connectivity index (χ1) is 15.8. The Kier molecular flexibility index (Phi) is 6.61. The van der Waals surface area contributed by atoms with E-state index in [1.807, 2.05) is 0 Å². The lowest BCUT2D eigenvalue weighted by molar-refractivity contribution is -0.143. The van der Waals surface area contributed by atoms with Gasteiger partial charge in [-0.05, 0) is 25.1 Å². The zero-order valence-corrected chi connectivity index (χ0v) is 17.3. The van der Waals surface area contributed by atoms with E-state index in [0.717, 1.165) is 25.1 Å². The van der Waals surface area contributed by atoms with Crippen LogP contribution >= 0.6 is 0 Å². The molecule has 0 fully saturated rings. The van der Waals surface area contributed by atoms with Crippen LogP contribution in [0.5, 0.6) is 5.75 Å². The van der Waals surface area contributed by atoms with Gasteiger partial charge in [0.05, 0.1) is 0 Å². The molecule has 4 nitrogen and oxygen atoms in total. The van der Waals surface area contributed by atoms with Crippen molar-refractivity contribution in [1.29, 1.82) is 0 Å². The van der Waals surface area contributed by atoms with E-state index >= 15 is 0 Å². The fourth-order valence-electron chi connectivity index (χ4n) is 3.30. The summed E-state index contributed by atoms with van der Waals surface area (Å²) in [5, 5.41) is 23.3. The molecule has 0 amide bonds. The molecular formula is C23H16F7NO3. The Balaban J connectivity index is 1.94. The van der Waals surface area contributed by atoms with Crippen LogP contribution in [0.4, 0.5) is 36.4 Å². The van der Waals surface area contributed by atoms with Crippen LogP contribution in [0.3, 0.4) is 0 Å². The van der Waals surface area contributed by atoms with Gasteiger partial charge in [0, 0.05) is 28.9 Å². The SMILES string of the molecule is CC(O)(C(=O)c1ccccc1)c1cc(NCc2c(F)c(F)c(C(F)(F)F)c(F)c2F)ccc1O. The van der Waals surface area contributed by atoms with Gasteiger partial charge in [-0.15, -0.1) is 0 Å². The van der Waals surface area contributed by atoms with E-state index in [0.29, 0.717) is 0 Å². The second kappa shape index (κ2) is 8.98. The minimum atomic E-state index is -5.66. The van der Waals surface area contributed by atoms with E-state index in [9.17, 15) is 45.7 Å². The van der Waals surface area contributed by atoms with Crippen LogP contribution in [0.25, 0.3) is 0 Å². The molecule has 0 saturated heterocycles. The van der Waals surface area contributed by atoms with Gasteiger partial charge in [0.1, 0.15) is 11.3 Å². The molecule has 1 unspecified atom stereocenters. The van der Waals surface area contributed by atoms with Crippen LogP contribution in [0.2, 0.25) is 0 Å². The Morgan fingerprint density at radius 3 is 2.00 bits per heavy atom. The van der Waals surface area contributed by atoms with Crippen molar-refractivity contribution in [1.82, 2.24) is 0 Å². The number of halogens is 7. The van der Waals surface area contributed by atoms with Gasteiger partial charge in [-0.2, -0.15) is 13.2 Å². The Hall–Kier alpha value is -3.60. The molecule has 0 bridgehead atoms. The number of benzene rings is 3. The quantitative estimate of drug-likeness (QED) is 0.181. The third kappa shape index (κ3) is 4.56. The third-order valence-electron chi connectivity index (χ3n) is 5.11. The lowest BCUT2D eigenvalue weighted by Crippen LogP contribution is -2.32. The highest BCUT2D eigenvalue weighted by Gasteiger charge is 2.42. The number of hydrogen-bond acceptors (Lipinski definition) is 4. The fourth-order valence-corrected chi connectivity index (χ4v) is 3.30. The summed E-state index contributed by atoms with van der Waals surface area (Å²) in [5.41, 5.74) is -6.55. The predicted octanol–water partition coefficient (Wildman–Crippen LogP) is 5.67. The second-order valence-corrected chi connectivity index (χ2v) is 7.46. The Labute approximate surface area is 188 Å². The largest absolute Gasteiger partial charge is 0.508 e. The third-order valence-corrected chi connectivity index (χ3v) is 5.11. The molecule has 11 heteroatoms. The number of alkyl halides is 3. The number of anilines is 1. The number of aromatic hydroxyl groups is 1. The number of carbonyl (C=O) groups excluding carboxylic acids is 1. The Morgan fingerprint density at radius 2 is 1.47 bits per heavy atom. The van der Waals surface area contributed by atoms with Crippen LogP contribution in [-0.2, 0) is 18.3 Å². The maximum Gasteiger partial charge on any atom is 0.422 e. The summed E-state index contributed by atoms with van der Waals surface area (Å²) in [6.45, 7) is 0.101. The van der Waals surface area contributed by atoms with E-state index in [-0.39, 0.29) is 16.8 Å². The van der Waals surface area contributed by atoms with Crippen molar-refractivity contribution in [2.24, 2.45) is 0 Å². The van der Waals surface area contributed by atoms with Crippen molar-refractivity contribution < 1.29 is 45.7 Å². The summed E-state index contributed by atoms with van der Waals surface area (Å²) < 4.78 is 94.1. The topological polar surface area (TPSA) is 69.6 Å². The van der Waals surface area contributed by atoms with Crippen molar-refractivity contribution >= 4 is 11.5 Å². The van der Waals surface area contributed by atoms with E-state index in [2.05, 4.69) is 5.32 Å². The molecular weight excluding hydrogens is 471 g/mol. The summed E-state index contributed by atoms with van der Waals surface area (Å²) in [5.74, 6) is -10.9. The average Bonchev–Trinajstić information content (AvgIpc) is 2.77. The molecule has 180 valence electrons. The van der Waals surface area contributed by atoms with Crippen molar-refractivity contribution in [2.45, 2.75) is 25.2 Å². The molecule has 3 aromatic rings. The Bertz CT molecular complexity index is 1210. The number of Topliss-reactive ketones (excluding diaryl/α,β-unsaturated/α-hetero) is 1. The molecule has 3 N–H and O–H groups in total. The molecule has 0 spiro atoms. The second-order valence-electron chi connectivity index (χ2n) is 7.46. The fraction of sp³-hybridized carbons (Fsp3) is 0.174. The number of carbonyl (C=O) groups is 1. The zero-order chi connectivity index (χ0) is 25.4. The first-order valence-corrected chi connectivity index (χ1v) is 9.58. The number of phenolic OH excluding ortho intramolecular Hbond substituents is 1. The van der Waals surface area contributed by atoms with Crippen LogP contribution in [-0.4, -0.2) is 16.0 Å². The van der Waals surface area contributed by atoms with Crippen molar-refractivity contribution in [3.05, 3.63) is 94.1 Å². The van der Waals surface area contributed by atoms with Gasteiger partial charge >= 0.3 is 6.18 Å². The molecule has 0 aromatic heterocycles. The van der Waals surface area contributed by atoms with Crippen LogP contribution in [0.15, 0.2) is 48.5 Å². The minimum absolute atomic E-state index is 0.0755. The van der Waals surface area contributed by atoms with E-state index in [1.54, 1.807) is 18.2 Å². The number of rotatable bonds is 6. The monoisotopic (exact) mass is 487 g/mol. The standard InChI is InChI=1S/C23H16F7NO3/c1-22(34,21(33)11-5-3-2-4-6-11)14-9-12(7-8-15(14)32)31-10-13-17(24)19(26)16(23(28,29)30)20(27)18(13)25/h2-9,31-32,34H,10H2,1H3. The number of hydrogen-bond donors (Lipinski definition) is 3. The van der Waals surface area contributed by atoms with Gasteiger partial charge in [-0.3, -0.25) is 4.79 Å². The summed E-state index contributed by atoms with van der Waals surface area (Å²) in [7, 11) is 0. The highest BCUT2D eigenvalue weighted by molar-refractivity contribution is 6.03. The van der Waals surface area contributed by atoms with Gasteiger partial charge in [0.15, 0.2) is 34.7 Å². The van der Waals surface area contributed by atoms with E-state index in [4.69, 9.17) is 0 Å². The van der Waals surface area contributed by atoms with Crippen LogP contribution in [0.1, 0.15) is 34.0 Å². The van der Waals surface area contributed by atoms with Crippen molar-refractivity contribution in [3.63, 3.8) is 0 Å². The summed E-state index contributed by atoms with van der Waals surface area (Å²) in [6.07, 6.45) is -5.66. The van der Waals surface area contributed by atoms with E-state index < -0.39 is 64.3 Å². The number of aliphatic hydroxyl groups is 1.